The third kappa shape index (κ3) is 2.07. The van der Waals surface area contributed by atoms with Gasteiger partial charge in [0.05, 0.1) is 0 Å². The molecule has 1 heterocycles. The summed E-state index contributed by atoms with van der Waals surface area (Å²) in [6.45, 7) is 4.40. The molecule has 0 aliphatic heterocycles. The van der Waals surface area contributed by atoms with E-state index in [1.807, 2.05) is 0 Å². The second-order valence-corrected chi connectivity index (χ2v) is 5.28. The normalized spacial score (nSPS) is 27.4. The van der Waals surface area contributed by atoms with Crippen LogP contribution in [-0.4, -0.2) is 20.4 Å². The number of nitrogens with zero attached hydrogens (tertiary/aromatic N) is 3. The van der Waals surface area contributed by atoms with Gasteiger partial charge in [0.1, 0.15) is 0 Å². The van der Waals surface area contributed by atoms with E-state index >= 15 is 0 Å². The minimum absolute atomic E-state index is 0.262. The van der Waals surface area contributed by atoms with E-state index in [-0.39, 0.29) is 17.4 Å². The quantitative estimate of drug-likeness (QED) is 0.823. The number of aromatic nitrogens is 3. The molecule has 18 heavy (non-hydrogen) atoms. The average Bonchev–Trinajstić information content (AvgIpc) is 2.65. The van der Waals surface area contributed by atoms with Crippen molar-refractivity contribution in [3.05, 3.63) is 20.8 Å². The minimum Gasteiger partial charge on any atom is -0.361 e. The molecule has 6 heteroatoms. The first-order valence-electron chi connectivity index (χ1n) is 6.32. The summed E-state index contributed by atoms with van der Waals surface area (Å²) < 4.78 is 2.27. The van der Waals surface area contributed by atoms with Crippen molar-refractivity contribution in [2.75, 3.05) is 5.32 Å². The van der Waals surface area contributed by atoms with Crippen molar-refractivity contribution < 1.29 is 0 Å². The first kappa shape index (κ1) is 12.9. The van der Waals surface area contributed by atoms with Gasteiger partial charge in [-0.15, -0.1) is 5.10 Å². The first-order chi connectivity index (χ1) is 8.41. The maximum absolute atomic E-state index is 11.9. The van der Waals surface area contributed by atoms with E-state index in [0.29, 0.717) is 11.8 Å². The first-order valence-corrected chi connectivity index (χ1v) is 6.32. The largest absolute Gasteiger partial charge is 0.361 e. The number of anilines is 1. The Kier molecular flexibility index (Phi) is 3.28. The van der Waals surface area contributed by atoms with Gasteiger partial charge in [0.2, 0.25) is 5.82 Å². The lowest BCUT2D eigenvalue weighted by Gasteiger charge is -2.20. The Morgan fingerprint density at radius 2 is 1.89 bits per heavy atom. The fraction of sp³-hybridized carbons (Fsp3) is 0.750. The van der Waals surface area contributed by atoms with Gasteiger partial charge >= 0.3 is 5.69 Å². The van der Waals surface area contributed by atoms with E-state index in [2.05, 4.69) is 24.3 Å². The highest BCUT2D eigenvalue weighted by Crippen LogP contribution is 2.32. The van der Waals surface area contributed by atoms with E-state index in [1.165, 1.54) is 11.7 Å². The zero-order chi connectivity index (χ0) is 13.4. The van der Waals surface area contributed by atoms with Crippen LogP contribution < -0.4 is 16.6 Å². The minimum atomic E-state index is -0.404. The highest BCUT2D eigenvalue weighted by Gasteiger charge is 2.30. The molecule has 100 valence electrons. The molecule has 2 rings (SSSR count). The van der Waals surface area contributed by atoms with Crippen LogP contribution in [0, 0.1) is 11.8 Å². The van der Waals surface area contributed by atoms with Crippen LogP contribution in [0.15, 0.2) is 9.59 Å². The van der Waals surface area contributed by atoms with Crippen molar-refractivity contribution in [3.8, 4) is 0 Å². The summed E-state index contributed by atoms with van der Waals surface area (Å²) in [4.78, 5) is 23.5. The predicted molar refractivity (Wildman–Crippen MR) is 69.7 cm³/mol. The van der Waals surface area contributed by atoms with E-state index in [0.717, 1.165) is 17.4 Å². The Bertz CT molecular complexity index is 560. The van der Waals surface area contributed by atoms with E-state index in [4.69, 9.17) is 0 Å². The molecule has 1 aliphatic rings. The molecule has 1 fully saturated rings. The molecular formula is C12H20N4O2. The summed E-state index contributed by atoms with van der Waals surface area (Å²) in [6.07, 6.45) is 2.20. The summed E-state index contributed by atoms with van der Waals surface area (Å²) in [5.74, 6) is 1.43. The van der Waals surface area contributed by atoms with Crippen LogP contribution in [-0.2, 0) is 14.1 Å². The van der Waals surface area contributed by atoms with Crippen molar-refractivity contribution in [1.82, 2.24) is 14.3 Å². The molecule has 0 bridgehead atoms. The van der Waals surface area contributed by atoms with Gasteiger partial charge in [-0.3, -0.25) is 9.36 Å². The zero-order valence-electron chi connectivity index (χ0n) is 11.3. The monoisotopic (exact) mass is 252 g/mol. The third-order valence-corrected chi connectivity index (χ3v) is 4.11. The van der Waals surface area contributed by atoms with Gasteiger partial charge in [0.25, 0.3) is 5.56 Å². The van der Waals surface area contributed by atoms with Crippen LogP contribution >= 0.6 is 0 Å². The molecule has 6 nitrogen and oxygen atoms in total. The molecule has 0 spiro atoms. The summed E-state index contributed by atoms with van der Waals surface area (Å²) in [6, 6.07) is 0.262. The summed E-state index contributed by atoms with van der Waals surface area (Å²) in [7, 11) is 3.02. The number of hydrogen-bond donors (Lipinski definition) is 1. The second kappa shape index (κ2) is 4.59. The summed E-state index contributed by atoms with van der Waals surface area (Å²) >= 11 is 0. The molecule has 1 aliphatic carbocycles. The Balaban J connectivity index is 2.31. The van der Waals surface area contributed by atoms with Gasteiger partial charge in [-0.25, -0.2) is 9.48 Å². The SMILES string of the molecule is CC1CCC(Nc2nn(C)c(=O)n(C)c2=O)C1C. The van der Waals surface area contributed by atoms with Crippen LogP contribution in [0.5, 0.6) is 0 Å². The lowest BCUT2D eigenvalue weighted by atomic mass is 9.98. The van der Waals surface area contributed by atoms with Crippen LogP contribution in [0.4, 0.5) is 5.82 Å². The van der Waals surface area contributed by atoms with Gasteiger partial charge in [0, 0.05) is 20.1 Å². The summed E-state index contributed by atoms with van der Waals surface area (Å²) in [5, 5.41) is 7.21. The molecule has 3 atom stereocenters. The number of aryl methyl sites for hydroxylation is 1. The van der Waals surface area contributed by atoms with Crippen LogP contribution in [0.3, 0.4) is 0 Å². The van der Waals surface area contributed by atoms with Crippen molar-refractivity contribution in [2.45, 2.75) is 32.7 Å². The summed E-state index contributed by atoms with van der Waals surface area (Å²) in [5.41, 5.74) is -0.761. The molecule has 3 unspecified atom stereocenters. The van der Waals surface area contributed by atoms with Crippen molar-refractivity contribution in [3.63, 3.8) is 0 Å². The molecule has 1 aromatic rings. The Hall–Kier alpha value is -1.59. The highest BCUT2D eigenvalue weighted by atomic mass is 16.2. The topological polar surface area (TPSA) is 68.9 Å². The second-order valence-electron chi connectivity index (χ2n) is 5.28. The van der Waals surface area contributed by atoms with Crippen LogP contribution in [0.25, 0.3) is 0 Å². The molecule has 0 aromatic carbocycles. The predicted octanol–water partition coefficient (Wildman–Crippen LogP) is 0.325. The standard InChI is InChI=1S/C12H20N4O2/c1-7-5-6-9(8(7)2)13-10-11(17)15(3)12(18)16(4)14-10/h7-9H,5-6H2,1-4H3,(H,13,14). The molecule has 1 N–H and O–H groups in total. The fourth-order valence-corrected chi connectivity index (χ4v) is 2.53. The highest BCUT2D eigenvalue weighted by molar-refractivity contribution is 5.31. The van der Waals surface area contributed by atoms with Gasteiger partial charge in [-0.2, -0.15) is 0 Å². The van der Waals surface area contributed by atoms with Gasteiger partial charge in [-0.1, -0.05) is 13.8 Å². The maximum Gasteiger partial charge on any atom is 0.346 e. The van der Waals surface area contributed by atoms with E-state index < -0.39 is 5.69 Å². The lowest BCUT2D eigenvalue weighted by molar-refractivity contribution is 0.433. The molecule has 0 saturated heterocycles. The number of rotatable bonds is 2. The Morgan fingerprint density at radius 3 is 2.44 bits per heavy atom. The molecule has 0 radical (unpaired) electrons. The van der Waals surface area contributed by atoms with Crippen LogP contribution in [0.2, 0.25) is 0 Å². The van der Waals surface area contributed by atoms with Gasteiger partial charge < -0.3 is 5.32 Å². The average molecular weight is 252 g/mol. The van der Waals surface area contributed by atoms with Crippen molar-refractivity contribution >= 4 is 5.82 Å². The lowest BCUT2D eigenvalue weighted by Crippen LogP contribution is -2.41. The zero-order valence-corrected chi connectivity index (χ0v) is 11.3. The number of nitrogens with one attached hydrogen (secondary N) is 1. The molecule has 0 amide bonds. The Labute approximate surface area is 106 Å². The van der Waals surface area contributed by atoms with Gasteiger partial charge in [-0.05, 0) is 24.7 Å². The third-order valence-electron chi connectivity index (χ3n) is 4.11. The molecule has 1 saturated carbocycles. The Morgan fingerprint density at radius 1 is 1.22 bits per heavy atom. The smallest absolute Gasteiger partial charge is 0.346 e. The van der Waals surface area contributed by atoms with Crippen molar-refractivity contribution in [1.29, 1.82) is 0 Å². The van der Waals surface area contributed by atoms with Crippen LogP contribution in [0.1, 0.15) is 26.7 Å². The van der Waals surface area contributed by atoms with Crippen molar-refractivity contribution in [2.24, 2.45) is 25.9 Å². The number of hydrogen-bond acceptors (Lipinski definition) is 4. The molecule has 1 aromatic heterocycles. The van der Waals surface area contributed by atoms with Gasteiger partial charge in [0.15, 0.2) is 0 Å². The van der Waals surface area contributed by atoms with E-state index in [1.54, 1.807) is 7.05 Å². The fourth-order valence-electron chi connectivity index (χ4n) is 2.53. The maximum atomic E-state index is 11.9. The van der Waals surface area contributed by atoms with E-state index in [9.17, 15) is 9.59 Å². The molecular weight excluding hydrogens is 232 g/mol.